The van der Waals surface area contributed by atoms with Gasteiger partial charge in [-0.25, -0.2) is 0 Å². The molecule has 0 aliphatic carbocycles. The van der Waals surface area contributed by atoms with Crippen molar-refractivity contribution in [2.75, 3.05) is 32.4 Å². The van der Waals surface area contributed by atoms with E-state index in [1.807, 2.05) is 11.8 Å². The van der Waals surface area contributed by atoms with Gasteiger partial charge < -0.3 is 10.2 Å². The largest absolute Gasteiger partial charge is 0.314 e. The van der Waals surface area contributed by atoms with Gasteiger partial charge in [0.2, 0.25) is 0 Å². The van der Waals surface area contributed by atoms with Crippen LogP contribution in [0.1, 0.15) is 33.6 Å². The Hall–Kier alpha value is 0.270. The smallest absolute Gasteiger partial charge is 0.0117 e. The van der Waals surface area contributed by atoms with Crippen LogP contribution in [0.5, 0.6) is 0 Å². The lowest BCUT2D eigenvalue weighted by atomic mass is 9.94. The van der Waals surface area contributed by atoms with Gasteiger partial charge in [-0.1, -0.05) is 20.8 Å². The van der Waals surface area contributed by atoms with Gasteiger partial charge in [0.15, 0.2) is 0 Å². The second-order valence-corrected chi connectivity index (χ2v) is 6.33. The zero-order valence-electron chi connectivity index (χ0n) is 11.3. The van der Waals surface area contributed by atoms with E-state index in [9.17, 15) is 0 Å². The van der Waals surface area contributed by atoms with E-state index >= 15 is 0 Å². The molecule has 3 heteroatoms. The van der Waals surface area contributed by atoms with E-state index in [1.54, 1.807) is 0 Å². The van der Waals surface area contributed by atoms with Gasteiger partial charge in [0.25, 0.3) is 0 Å². The quantitative estimate of drug-likeness (QED) is 0.772. The van der Waals surface area contributed by atoms with E-state index in [2.05, 4.69) is 37.2 Å². The molecule has 1 rings (SSSR count). The van der Waals surface area contributed by atoms with E-state index in [0.717, 1.165) is 17.2 Å². The maximum absolute atomic E-state index is 3.74. The van der Waals surface area contributed by atoms with Crippen LogP contribution >= 0.6 is 11.8 Å². The van der Waals surface area contributed by atoms with Gasteiger partial charge in [0, 0.05) is 17.8 Å². The van der Waals surface area contributed by atoms with E-state index in [-0.39, 0.29) is 0 Å². The molecule has 2 nitrogen and oxygen atoms in total. The number of likely N-dealkylation sites (tertiary alicyclic amines) is 1. The molecule has 0 spiro atoms. The highest BCUT2D eigenvalue weighted by Gasteiger charge is 2.24. The van der Waals surface area contributed by atoms with Crippen molar-refractivity contribution in [1.29, 1.82) is 0 Å². The summed E-state index contributed by atoms with van der Waals surface area (Å²) in [6.45, 7) is 11.9. The van der Waals surface area contributed by atoms with Crippen LogP contribution in [0.2, 0.25) is 0 Å². The Labute approximate surface area is 106 Å². The number of piperidine rings is 1. The third-order valence-electron chi connectivity index (χ3n) is 3.80. The highest BCUT2D eigenvalue weighted by atomic mass is 32.2. The summed E-state index contributed by atoms with van der Waals surface area (Å²) >= 11 is 1.97. The maximum Gasteiger partial charge on any atom is 0.0117 e. The number of thioether (sulfide) groups is 1. The van der Waals surface area contributed by atoms with Crippen LogP contribution in [0.25, 0.3) is 0 Å². The summed E-state index contributed by atoms with van der Waals surface area (Å²) in [5.41, 5.74) is 0. The van der Waals surface area contributed by atoms with Crippen LogP contribution in [-0.2, 0) is 0 Å². The van der Waals surface area contributed by atoms with Gasteiger partial charge in [0.1, 0.15) is 0 Å². The second kappa shape index (κ2) is 7.57. The lowest BCUT2D eigenvalue weighted by Gasteiger charge is -2.37. The number of rotatable bonds is 6. The molecule has 0 aromatic carbocycles. The Bertz CT molecular complexity index is 187. The molecule has 0 radical (unpaired) electrons. The fraction of sp³-hybridized carbons (Fsp3) is 1.00. The van der Waals surface area contributed by atoms with Crippen molar-refractivity contribution in [2.45, 2.75) is 44.9 Å². The normalized spacial score (nSPS) is 29.2. The molecule has 1 N–H and O–H groups in total. The first-order valence-electron chi connectivity index (χ1n) is 6.65. The summed E-state index contributed by atoms with van der Waals surface area (Å²) in [5.74, 6) is 0.804. The zero-order chi connectivity index (χ0) is 12.0. The molecule has 0 aromatic rings. The van der Waals surface area contributed by atoms with Gasteiger partial charge in [0.05, 0.1) is 0 Å². The van der Waals surface area contributed by atoms with Crippen LogP contribution in [0, 0.1) is 5.92 Å². The first-order chi connectivity index (χ1) is 7.67. The number of nitrogens with one attached hydrogen (secondary N) is 1. The number of hydrogen-bond acceptors (Lipinski definition) is 3. The molecular weight excluding hydrogens is 216 g/mol. The molecule has 1 saturated heterocycles. The average Bonchev–Trinajstić information content (AvgIpc) is 2.30. The summed E-state index contributed by atoms with van der Waals surface area (Å²) in [6.07, 6.45) is 4.82. The number of nitrogens with zero attached hydrogens (tertiary/aromatic N) is 1. The molecular formula is C13H28N2S. The molecule has 0 aromatic heterocycles. The number of hydrogen-bond donors (Lipinski definition) is 1. The van der Waals surface area contributed by atoms with Crippen LogP contribution in [0.15, 0.2) is 0 Å². The molecule has 0 bridgehead atoms. The minimum absolute atomic E-state index is 0.747. The SMILES string of the molecule is CCN1CCC(NCCC(C)SC)C(C)C1. The molecule has 96 valence electrons. The minimum Gasteiger partial charge on any atom is -0.314 e. The molecule has 1 fully saturated rings. The van der Waals surface area contributed by atoms with Crippen LogP contribution < -0.4 is 5.32 Å². The van der Waals surface area contributed by atoms with Gasteiger partial charge in [-0.2, -0.15) is 11.8 Å². The molecule has 1 aliphatic heterocycles. The zero-order valence-corrected chi connectivity index (χ0v) is 12.1. The van der Waals surface area contributed by atoms with Crippen molar-refractivity contribution in [3.8, 4) is 0 Å². The molecule has 3 unspecified atom stereocenters. The standard InChI is InChI=1S/C13H28N2S/c1-5-15-9-7-13(11(2)10-15)14-8-6-12(3)16-4/h11-14H,5-10H2,1-4H3. The van der Waals surface area contributed by atoms with Gasteiger partial charge in [-0.15, -0.1) is 0 Å². The van der Waals surface area contributed by atoms with Crippen molar-refractivity contribution in [3.63, 3.8) is 0 Å². The van der Waals surface area contributed by atoms with E-state index in [4.69, 9.17) is 0 Å². The maximum atomic E-state index is 3.74. The fourth-order valence-corrected chi connectivity index (χ4v) is 2.77. The lowest BCUT2D eigenvalue weighted by Crippen LogP contribution is -2.48. The van der Waals surface area contributed by atoms with E-state index < -0.39 is 0 Å². The van der Waals surface area contributed by atoms with Crippen LogP contribution in [0.3, 0.4) is 0 Å². The molecule has 3 atom stereocenters. The Balaban J connectivity index is 2.18. The van der Waals surface area contributed by atoms with E-state index in [0.29, 0.717) is 0 Å². The fourth-order valence-electron chi connectivity index (χ4n) is 2.41. The monoisotopic (exact) mass is 244 g/mol. The third-order valence-corrected chi connectivity index (χ3v) is 4.84. The third kappa shape index (κ3) is 4.64. The average molecular weight is 244 g/mol. The molecule has 0 saturated carbocycles. The van der Waals surface area contributed by atoms with Crippen LogP contribution in [0.4, 0.5) is 0 Å². The summed E-state index contributed by atoms with van der Waals surface area (Å²) in [4.78, 5) is 2.56. The predicted octanol–water partition coefficient (Wildman–Crippen LogP) is 2.45. The first kappa shape index (κ1) is 14.3. The molecule has 0 amide bonds. The molecule has 1 aliphatic rings. The minimum atomic E-state index is 0.747. The lowest BCUT2D eigenvalue weighted by molar-refractivity contribution is 0.153. The summed E-state index contributed by atoms with van der Waals surface area (Å²) in [7, 11) is 0. The van der Waals surface area contributed by atoms with Crippen molar-refractivity contribution < 1.29 is 0 Å². The van der Waals surface area contributed by atoms with Gasteiger partial charge in [-0.3, -0.25) is 0 Å². The van der Waals surface area contributed by atoms with Gasteiger partial charge in [-0.05, 0) is 44.6 Å². The van der Waals surface area contributed by atoms with Gasteiger partial charge >= 0.3 is 0 Å². The Morgan fingerprint density at radius 3 is 2.81 bits per heavy atom. The Kier molecular flexibility index (Phi) is 6.78. The Morgan fingerprint density at radius 1 is 1.50 bits per heavy atom. The highest BCUT2D eigenvalue weighted by molar-refractivity contribution is 7.99. The molecule has 1 heterocycles. The van der Waals surface area contributed by atoms with Crippen molar-refractivity contribution in [1.82, 2.24) is 10.2 Å². The van der Waals surface area contributed by atoms with E-state index in [1.165, 1.54) is 39.0 Å². The Morgan fingerprint density at radius 2 is 2.25 bits per heavy atom. The highest BCUT2D eigenvalue weighted by Crippen LogP contribution is 2.17. The topological polar surface area (TPSA) is 15.3 Å². The molecule has 16 heavy (non-hydrogen) atoms. The van der Waals surface area contributed by atoms with Crippen molar-refractivity contribution in [2.24, 2.45) is 5.92 Å². The van der Waals surface area contributed by atoms with Crippen molar-refractivity contribution >= 4 is 11.8 Å². The van der Waals surface area contributed by atoms with Crippen LogP contribution in [-0.4, -0.2) is 48.6 Å². The second-order valence-electron chi connectivity index (χ2n) is 5.05. The van der Waals surface area contributed by atoms with Crippen molar-refractivity contribution in [3.05, 3.63) is 0 Å². The summed E-state index contributed by atoms with van der Waals surface area (Å²) in [6, 6.07) is 0.747. The summed E-state index contributed by atoms with van der Waals surface area (Å²) < 4.78 is 0. The summed E-state index contributed by atoms with van der Waals surface area (Å²) in [5, 5.41) is 4.53. The first-order valence-corrected chi connectivity index (χ1v) is 7.94. The predicted molar refractivity (Wildman–Crippen MR) is 75.3 cm³/mol.